The Morgan fingerprint density at radius 2 is 1.82 bits per heavy atom. The summed E-state index contributed by atoms with van der Waals surface area (Å²) in [6.07, 6.45) is 3.90. The molecule has 2 aliphatic carbocycles. The van der Waals surface area contributed by atoms with Gasteiger partial charge in [0, 0.05) is 0 Å². The van der Waals surface area contributed by atoms with Gasteiger partial charge in [0.05, 0.1) is 6.10 Å². The summed E-state index contributed by atoms with van der Waals surface area (Å²) < 4.78 is 0. The summed E-state index contributed by atoms with van der Waals surface area (Å²) in [4.78, 5) is 0. The molecule has 2 nitrogen and oxygen atoms in total. The lowest BCUT2D eigenvalue weighted by atomic mass is 9.49. The topological polar surface area (TPSA) is 40.5 Å². The van der Waals surface area contributed by atoms with E-state index in [0.29, 0.717) is 18.1 Å². The van der Waals surface area contributed by atoms with Crippen LogP contribution in [0.15, 0.2) is 12.1 Å². The second kappa shape index (κ2) is 4.99. The molecule has 0 aromatic heterocycles. The fourth-order valence-electron chi connectivity index (χ4n) is 5.71. The molecule has 1 aromatic carbocycles. The number of fused-ring (bicyclic) bond motifs is 3. The van der Waals surface area contributed by atoms with Crippen LogP contribution in [0.2, 0.25) is 0 Å². The fourth-order valence-corrected chi connectivity index (χ4v) is 5.71. The van der Waals surface area contributed by atoms with Crippen molar-refractivity contribution in [1.29, 1.82) is 0 Å². The van der Waals surface area contributed by atoms with E-state index in [2.05, 4.69) is 40.7 Å². The van der Waals surface area contributed by atoms with E-state index >= 15 is 0 Å². The van der Waals surface area contributed by atoms with Crippen molar-refractivity contribution in [1.82, 2.24) is 0 Å². The lowest BCUT2D eigenvalue weighted by Gasteiger charge is -2.56. The van der Waals surface area contributed by atoms with Gasteiger partial charge in [-0.2, -0.15) is 0 Å². The summed E-state index contributed by atoms with van der Waals surface area (Å²) in [7, 11) is 0. The number of aliphatic hydroxyl groups excluding tert-OH is 1. The SMILES string of the molecule is CC(C)c1c(O)ccc2c1C[C@@H](O)[C@H]1C(C)(C)CCC[C@]21C. The van der Waals surface area contributed by atoms with E-state index in [1.54, 1.807) is 0 Å². The number of benzene rings is 1. The van der Waals surface area contributed by atoms with E-state index in [1.807, 2.05) is 6.07 Å². The van der Waals surface area contributed by atoms with E-state index in [9.17, 15) is 10.2 Å². The van der Waals surface area contributed by atoms with Crippen molar-refractivity contribution in [3.8, 4) is 5.75 Å². The van der Waals surface area contributed by atoms with Gasteiger partial charge >= 0.3 is 0 Å². The van der Waals surface area contributed by atoms with Gasteiger partial charge in [0.2, 0.25) is 0 Å². The number of phenols is 1. The predicted molar refractivity (Wildman–Crippen MR) is 90.4 cm³/mol. The summed E-state index contributed by atoms with van der Waals surface area (Å²) in [5.41, 5.74) is 3.81. The van der Waals surface area contributed by atoms with E-state index < -0.39 is 0 Å². The minimum Gasteiger partial charge on any atom is -0.508 e. The predicted octanol–water partition coefficient (Wildman–Crippen LogP) is 4.52. The van der Waals surface area contributed by atoms with Crippen LogP contribution in [-0.2, 0) is 11.8 Å². The fraction of sp³-hybridized carbons (Fsp3) is 0.700. The Morgan fingerprint density at radius 3 is 2.45 bits per heavy atom. The highest BCUT2D eigenvalue weighted by Gasteiger charge is 2.54. The van der Waals surface area contributed by atoms with Gasteiger partial charge in [0.1, 0.15) is 5.75 Å². The van der Waals surface area contributed by atoms with Gasteiger partial charge in [-0.1, -0.05) is 47.1 Å². The quantitative estimate of drug-likeness (QED) is 0.801. The Bertz CT molecular complexity index is 588. The van der Waals surface area contributed by atoms with Crippen LogP contribution in [0.25, 0.3) is 0 Å². The van der Waals surface area contributed by atoms with Crippen LogP contribution in [0.1, 0.15) is 76.5 Å². The Morgan fingerprint density at radius 1 is 1.14 bits per heavy atom. The molecule has 1 aromatic rings. The smallest absolute Gasteiger partial charge is 0.119 e. The van der Waals surface area contributed by atoms with Crippen LogP contribution in [0.3, 0.4) is 0 Å². The molecule has 122 valence electrons. The first kappa shape index (κ1) is 15.9. The first-order chi connectivity index (χ1) is 10.2. The van der Waals surface area contributed by atoms with Crippen molar-refractivity contribution in [3.63, 3.8) is 0 Å². The average molecular weight is 302 g/mol. The molecule has 3 atom stereocenters. The molecule has 1 saturated carbocycles. The molecule has 0 amide bonds. The zero-order chi connectivity index (χ0) is 16.3. The van der Waals surface area contributed by atoms with Gasteiger partial charge in [-0.15, -0.1) is 0 Å². The number of hydrogen-bond acceptors (Lipinski definition) is 2. The van der Waals surface area contributed by atoms with Crippen molar-refractivity contribution < 1.29 is 10.2 Å². The second-order valence-corrected chi connectivity index (χ2v) is 8.69. The Balaban J connectivity index is 2.23. The number of aromatic hydroxyl groups is 1. The molecule has 22 heavy (non-hydrogen) atoms. The molecule has 0 aliphatic heterocycles. The highest BCUT2D eigenvalue weighted by Crippen LogP contribution is 2.58. The molecule has 1 fully saturated rings. The van der Waals surface area contributed by atoms with Crippen molar-refractivity contribution in [2.75, 3.05) is 0 Å². The lowest BCUT2D eigenvalue weighted by molar-refractivity contribution is -0.0536. The average Bonchev–Trinajstić information content (AvgIpc) is 2.35. The maximum atomic E-state index is 11.0. The van der Waals surface area contributed by atoms with Gasteiger partial charge < -0.3 is 10.2 Å². The Hall–Kier alpha value is -1.02. The third-order valence-electron chi connectivity index (χ3n) is 6.37. The van der Waals surface area contributed by atoms with E-state index in [4.69, 9.17) is 0 Å². The molecule has 0 heterocycles. The van der Waals surface area contributed by atoms with Crippen LogP contribution in [0.4, 0.5) is 0 Å². The standard InChI is InChI=1S/C20H30O2/c1-12(2)17-13-11-16(22)18-19(3,4)9-6-10-20(18,5)14(13)7-8-15(17)21/h7-8,12,16,18,21-22H,6,9-11H2,1-5H3/t16-,18+,20-/m1/s1. The first-order valence-corrected chi connectivity index (χ1v) is 8.72. The number of rotatable bonds is 1. The van der Waals surface area contributed by atoms with Gasteiger partial charge in [-0.05, 0) is 64.7 Å². The second-order valence-electron chi connectivity index (χ2n) is 8.69. The summed E-state index contributed by atoms with van der Waals surface area (Å²) in [5.74, 6) is 0.961. The zero-order valence-corrected chi connectivity index (χ0v) is 14.6. The third-order valence-corrected chi connectivity index (χ3v) is 6.37. The molecule has 0 saturated heterocycles. The zero-order valence-electron chi connectivity index (χ0n) is 14.6. The maximum Gasteiger partial charge on any atom is 0.119 e. The molecule has 3 rings (SSSR count). The molecule has 2 aliphatic rings. The first-order valence-electron chi connectivity index (χ1n) is 8.72. The number of phenolic OH excluding ortho intramolecular Hbond substituents is 1. The molecular formula is C20H30O2. The van der Waals surface area contributed by atoms with Crippen LogP contribution >= 0.6 is 0 Å². The van der Waals surface area contributed by atoms with Crippen molar-refractivity contribution in [3.05, 3.63) is 28.8 Å². The van der Waals surface area contributed by atoms with Gasteiger partial charge in [-0.25, -0.2) is 0 Å². The summed E-state index contributed by atoms with van der Waals surface area (Å²) in [5, 5.41) is 21.3. The van der Waals surface area contributed by atoms with Gasteiger partial charge in [-0.3, -0.25) is 0 Å². The summed E-state index contributed by atoms with van der Waals surface area (Å²) in [6.45, 7) is 11.2. The summed E-state index contributed by atoms with van der Waals surface area (Å²) >= 11 is 0. The monoisotopic (exact) mass is 302 g/mol. The van der Waals surface area contributed by atoms with Gasteiger partial charge in [0.25, 0.3) is 0 Å². The Labute approximate surface area is 134 Å². The summed E-state index contributed by atoms with van der Waals surface area (Å²) in [6, 6.07) is 3.99. The molecule has 0 spiro atoms. The molecule has 0 radical (unpaired) electrons. The van der Waals surface area contributed by atoms with E-state index in [0.717, 1.165) is 12.0 Å². The highest BCUT2D eigenvalue weighted by atomic mass is 16.3. The molecule has 2 heteroatoms. The van der Waals surface area contributed by atoms with E-state index in [1.165, 1.54) is 24.0 Å². The third kappa shape index (κ3) is 2.11. The molecule has 0 unspecified atom stereocenters. The Kier molecular flexibility index (Phi) is 3.60. The maximum absolute atomic E-state index is 11.0. The van der Waals surface area contributed by atoms with Crippen molar-refractivity contribution >= 4 is 0 Å². The van der Waals surface area contributed by atoms with Crippen LogP contribution in [-0.4, -0.2) is 16.3 Å². The normalized spacial score (nSPS) is 33.4. The van der Waals surface area contributed by atoms with Crippen molar-refractivity contribution in [2.24, 2.45) is 11.3 Å². The molecule has 0 bridgehead atoms. The number of hydrogen-bond donors (Lipinski definition) is 2. The van der Waals surface area contributed by atoms with Crippen molar-refractivity contribution in [2.45, 2.75) is 77.7 Å². The van der Waals surface area contributed by atoms with Crippen LogP contribution < -0.4 is 0 Å². The molecule has 2 N–H and O–H groups in total. The minimum absolute atomic E-state index is 0.0199. The van der Waals surface area contributed by atoms with Crippen LogP contribution in [0, 0.1) is 11.3 Å². The largest absolute Gasteiger partial charge is 0.508 e. The lowest BCUT2D eigenvalue weighted by Crippen LogP contribution is -2.54. The van der Waals surface area contributed by atoms with Gasteiger partial charge in [0.15, 0.2) is 0 Å². The number of aliphatic hydroxyl groups is 1. The van der Waals surface area contributed by atoms with Crippen LogP contribution in [0.5, 0.6) is 5.75 Å². The van der Waals surface area contributed by atoms with E-state index in [-0.39, 0.29) is 22.9 Å². The minimum atomic E-state index is -0.313. The highest BCUT2D eigenvalue weighted by molar-refractivity contribution is 5.51. The molecular weight excluding hydrogens is 272 g/mol.